The first kappa shape index (κ1) is 22.2. The standard InChI is InChI=1S/C24H27F3O3/c1-22(2,3)23(14-8-5-9-15-23)30-20-16-17(12-13-19(20)24(25,26)27)21(28)29-18-10-6-4-7-11-18/h4,6-7,10-13,16H,5,8-9,14-15H2,1-3H3. The summed E-state index contributed by atoms with van der Waals surface area (Å²) in [7, 11) is 0. The summed E-state index contributed by atoms with van der Waals surface area (Å²) in [5, 5.41) is 0. The molecule has 1 fully saturated rings. The summed E-state index contributed by atoms with van der Waals surface area (Å²) in [6.45, 7) is 5.96. The first-order chi connectivity index (χ1) is 14.0. The largest absolute Gasteiger partial charge is 0.486 e. The molecule has 0 aromatic heterocycles. The molecule has 0 amide bonds. The molecule has 0 radical (unpaired) electrons. The van der Waals surface area contributed by atoms with Crippen LogP contribution in [0.2, 0.25) is 0 Å². The molecular formula is C24H27F3O3. The Kier molecular flexibility index (Phi) is 6.16. The molecule has 0 spiro atoms. The van der Waals surface area contributed by atoms with Crippen molar-refractivity contribution < 1.29 is 27.4 Å². The quantitative estimate of drug-likeness (QED) is 0.393. The van der Waals surface area contributed by atoms with Gasteiger partial charge in [0.05, 0.1) is 11.1 Å². The van der Waals surface area contributed by atoms with Gasteiger partial charge in [0.2, 0.25) is 0 Å². The molecule has 0 saturated heterocycles. The second-order valence-electron chi connectivity index (χ2n) is 8.82. The number of esters is 1. The Labute approximate surface area is 175 Å². The zero-order valence-corrected chi connectivity index (χ0v) is 17.5. The third-order valence-corrected chi connectivity index (χ3v) is 5.81. The molecular weight excluding hydrogens is 393 g/mol. The van der Waals surface area contributed by atoms with Crippen LogP contribution in [0, 0.1) is 5.41 Å². The van der Waals surface area contributed by atoms with E-state index in [1.54, 1.807) is 30.3 Å². The Hall–Kier alpha value is -2.50. The van der Waals surface area contributed by atoms with Crippen molar-refractivity contribution in [1.29, 1.82) is 0 Å². The van der Waals surface area contributed by atoms with Crippen molar-refractivity contribution in [2.45, 2.75) is 64.7 Å². The van der Waals surface area contributed by atoms with Gasteiger partial charge in [-0.2, -0.15) is 13.2 Å². The van der Waals surface area contributed by atoms with Crippen molar-refractivity contribution in [3.8, 4) is 11.5 Å². The van der Waals surface area contributed by atoms with E-state index < -0.39 is 23.3 Å². The third kappa shape index (κ3) is 4.79. The Balaban J connectivity index is 1.98. The summed E-state index contributed by atoms with van der Waals surface area (Å²) in [6.07, 6.45) is -0.413. The average molecular weight is 420 g/mol. The van der Waals surface area contributed by atoms with Gasteiger partial charge in [-0.25, -0.2) is 4.79 Å². The van der Waals surface area contributed by atoms with Gasteiger partial charge in [-0.05, 0) is 56.0 Å². The Bertz CT molecular complexity index is 877. The lowest BCUT2D eigenvalue weighted by atomic mass is 9.68. The minimum atomic E-state index is -4.59. The number of rotatable bonds is 4. The smallest absolute Gasteiger partial charge is 0.419 e. The molecule has 0 aliphatic heterocycles. The number of carbonyl (C=O) groups is 1. The van der Waals surface area contributed by atoms with Crippen molar-refractivity contribution in [2.75, 3.05) is 0 Å². The van der Waals surface area contributed by atoms with E-state index in [1.165, 1.54) is 0 Å². The maximum Gasteiger partial charge on any atom is 0.419 e. The summed E-state index contributed by atoms with van der Waals surface area (Å²) in [4.78, 5) is 12.5. The number of alkyl halides is 3. The number of para-hydroxylation sites is 1. The molecule has 162 valence electrons. The molecule has 30 heavy (non-hydrogen) atoms. The molecule has 2 aromatic rings. The second-order valence-corrected chi connectivity index (χ2v) is 8.82. The molecule has 2 aromatic carbocycles. The highest BCUT2D eigenvalue weighted by atomic mass is 19.4. The zero-order valence-electron chi connectivity index (χ0n) is 17.5. The zero-order chi connectivity index (χ0) is 22.0. The average Bonchev–Trinajstić information content (AvgIpc) is 2.68. The maximum absolute atomic E-state index is 13.7. The van der Waals surface area contributed by atoms with Crippen molar-refractivity contribution >= 4 is 5.97 Å². The molecule has 3 nitrogen and oxygen atoms in total. The van der Waals surface area contributed by atoms with Crippen molar-refractivity contribution in [2.24, 2.45) is 5.41 Å². The van der Waals surface area contributed by atoms with Crippen molar-refractivity contribution in [1.82, 2.24) is 0 Å². The Morgan fingerprint density at radius 2 is 1.57 bits per heavy atom. The summed E-state index contributed by atoms with van der Waals surface area (Å²) in [5.74, 6) is -0.724. The number of carbonyl (C=O) groups excluding carboxylic acids is 1. The van der Waals surface area contributed by atoms with E-state index in [2.05, 4.69) is 0 Å². The fraction of sp³-hybridized carbons (Fsp3) is 0.458. The van der Waals surface area contributed by atoms with Crippen LogP contribution in [-0.4, -0.2) is 11.6 Å². The van der Waals surface area contributed by atoms with Crippen molar-refractivity contribution in [3.05, 3.63) is 59.7 Å². The topological polar surface area (TPSA) is 35.5 Å². The van der Waals surface area contributed by atoms with E-state index in [4.69, 9.17) is 9.47 Å². The molecule has 0 unspecified atom stereocenters. The summed E-state index contributed by atoms with van der Waals surface area (Å²) < 4.78 is 52.6. The van der Waals surface area contributed by atoms with Gasteiger partial charge in [0.1, 0.15) is 17.1 Å². The molecule has 1 aliphatic rings. The summed E-state index contributed by atoms with van der Waals surface area (Å²) >= 11 is 0. The first-order valence-electron chi connectivity index (χ1n) is 10.2. The molecule has 3 rings (SSSR count). The molecule has 0 bridgehead atoms. The van der Waals surface area contributed by atoms with Crippen LogP contribution < -0.4 is 9.47 Å². The second kappa shape index (κ2) is 8.32. The van der Waals surface area contributed by atoms with Crippen LogP contribution in [0.4, 0.5) is 13.2 Å². The van der Waals surface area contributed by atoms with E-state index in [0.717, 1.165) is 37.5 Å². The van der Waals surface area contributed by atoms with Crippen LogP contribution in [-0.2, 0) is 6.18 Å². The predicted octanol–water partition coefficient (Wildman–Crippen LogP) is 7.05. The van der Waals surface area contributed by atoms with Gasteiger partial charge < -0.3 is 9.47 Å². The Morgan fingerprint density at radius 3 is 2.13 bits per heavy atom. The maximum atomic E-state index is 13.7. The highest BCUT2D eigenvalue weighted by Gasteiger charge is 2.46. The van der Waals surface area contributed by atoms with Gasteiger partial charge in [-0.15, -0.1) is 0 Å². The number of ether oxygens (including phenoxy) is 2. The van der Waals surface area contributed by atoms with Crippen LogP contribution >= 0.6 is 0 Å². The number of hydrogen-bond donors (Lipinski definition) is 0. The fourth-order valence-corrected chi connectivity index (χ4v) is 3.96. The van der Waals surface area contributed by atoms with E-state index in [0.29, 0.717) is 18.6 Å². The predicted molar refractivity (Wildman–Crippen MR) is 109 cm³/mol. The van der Waals surface area contributed by atoms with Gasteiger partial charge in [-0.3, -0.25) is 0 Å². The highest BCUT2D eigenvalue weighted by molar-refractivity contribution is 5.91. The molecule has 0 heterocycles. The van der Waals surface area contributed by atoms with E-state index in [9.17, 15) is 18.0 Å². The lowest BCUT2D eigenvalue weighted by Crippen LogP contribution is -2.49. The number of hydrogen-bond acceptors (Lipinski definition) is 3. The van der Waals surface area contributed by atoms with Crippen LogP contribution in [0.3, 0.4) is 0 Å². The SMILES string of the molecule is CC(C)(C)C1(Oc2cc(C(=O)Oc3ccccc3)ccc2C(F)(F)F)CCCCC1. The van der Waals surface area contributed by atoms with E-state index in [-0.39, 0.29) is 16.7 Å². The van der Waals surface area contributed by atoms with Crippen LogP contribution in [0.15, 0.2) is 48.5 Å². The number of halogens is 3. The van der Waals surface area contributed by atoms with Gasteiger partial charge in [-0.1, -0.05) is 45.4 Å². The minimum absolute atomic E-state index is 0.0155. The Morgan fingerprint density at radius 1 is 0.933 bits per heavy atom. The fourth-order valence-electron chi connectivity index (χ4n) is 3.96. The highest BCUT2D eigenvalue weighted by Crippen LogP contribution is 2.47. The first-order valence-corrected chi connectivity index (χ1v) is 10.2. The van der Waals surface area contributed by atoms with E-state index >= 15 is 0 Å². The number of benzene rings is 2. The van der Waals surface area contributed by atoms with Crippen LogP contribution in [0.1, 0.15) is 68.8 Å². The van der Waals surface area contributed by atoms with Gasteiger partial charge in [0.25, 0.3) is 0 Å². The molecule has 1 saturated carbocycles. The molecule has 0 N–H and O–H groups in total. The molecule has 1 aliphatic carbocycles. The normalized spacial score (nSPS) is 16.7. The summed E-state index contributed by atoms with van der Waals surface area (Å²) in [6, 6.07) is 11.6. The van der Waals surface area contributed by atoms with Crippen LogP contribution in [0.25, 0.3) is 0 Å². The van der Waals surface area contributed by atoms with Crippen molar-refractivity contribution in [3.63, 3.8) is 0 Å². The summed E-state index contributed by atoms with van der Waals surface area (Å²) in [5.41, 5.74) is -1.96. The molecule has 0 atom stereocenters. The lowest BCUT2D eigenvalue weighted by molar-refractivity contribution is -0.142. The van der Waals surface area contributed by atoms with Gasteiger partial charge >= 0.3 is 12.1 Å². The van der Waals surface area contributed by atoms with Gasteiger partial charge in [0, 0.05) is 5.41 Å². The van der Waals surface area contributed by atoms with Crippen LogP contribution in [0.5, 0.6) is 11.5 Å². The monoisotopic (exact) mass is 420 g/mol. The third-order valence-electron chi connectivity index (χ3n) is 5.81. The van der Waals surface area contributed by atoms with E-state index in [1.807, 2.05) is 20.8 Å². The van der Waals surface area contributed by atoms with Gasteiger partial charge in [0.15, 0.2) is 0 Å². The lowest BCUT2D eigenvalue weighted by Gasteiger charge is -2.47. The molecule has 6 heteroatoms. The minimum Gasteiger partial charge on any atom is -0.486 e.